The molecule has 2 unspecified atom stereocenters. The third-order valence-electron chi connectivity index (χ3n) is 6.12. The maximum absolute atomic E-state index is 12.9. The molecule has 2 aromatic rings. The first-order chi connectivity index (χ1) is 14.1. The molecule has 1 N–H and O–H groups in total. The molecular weight excluding hydrogens is 367 g/mol. The Bertz CT molecular complexity index is 845. The lowest BCUT2D eigenvalue weighted by atomic mass is 9.90. The van der Waals surface area contributed by atoms with Crippen LogP contribution in [0.15, 0.2) is 54.6 Å². The van der Waals surface area contributed by atoms with Crippen molar-refractivity contribution in [2.45, 2.75) is 32.2 Å². The predicted molar refractivity (Wildman–Crippen MR) is 109 cm³/mol. The first kappa shape index (κ1) is 19.6. The fraction of sp³-hybridized carbons (Fsp3) is 0.417. The number of hydrogen-bond donors (Lipinski definition) is 1. The van der Waals surface area contributed by atoms with Crippen molar-refractivity contribution in [3.8, 4) is 0 Å². The molecule has 1 aliphatic carbocycles. The second-order valence-corrected chi connectivity index (χ2v) is 8.25. The molecule has 4 rings (SSSR count). The minimum absolute atomic E-state index is 0.0772. The van der Waals surface area contributed by atoms with Crippen molar-refractivity contribution in [3.63, 3.8) is 0 Å². The van der Waals surface area contributed by atoms with E-state index in [0.717, 1.165) is 37.9 Å². The van der Waals surface area contributed by atoms with Crippen molar-refractivity contribution in [2.24, 2.45) is 17.8 Å². The minimum Gasteiger partial charge on any atom is -0.352 e. The number of hydrogen-bond acceptors (Lipinski definition) is 2. The second kappa shape index (κ2) is 8.76. The van der Waals surface area contributed by atoms with Crippen molar-refractivity contribution in [2.75, 3.05) is 13.1 Å². The monoisotopic (exact) mass is 394 g/mol. The number of benzene rings is 2. The number of nitrogens with zero attached hydrogens (tertiary/aromatic N) is 1. The molecule has 2 amide bonds. The molecule has 0 spiro atoms. The summed E-state index contributed by atoms with van der Waals surface area (Å²) in [5, 5.41) is 2.87. The molecule has 2 aromatic carbocycles. The van der Waals surface area contributed by atoms with Gasteiger partial charge < -0.3 is 10.2 Å². The highest BCUT2D eigenvalue weighted by Gasteiger charge is 2.49. The van der Waals surface area contributed by atoms with Crippen LogP contribution in [0.2, 0.25) is 0 Å². The third kappa shape index (κ3) is 5.03. The quantitative estimate of drug-likeness (QED) is 0.815. The highest BCUT2D eigenvalue weighted by atomic mass is 19.1. The zero-order valence-electron chi connectivity index (χ0n) is 16.5. The van der Waals surface area contributed by atoms with E-state index in [1.807, 2.05) is 11.0 Å². The first-order valence-corrected chi connectivity index (χ1v) is 10.4. The van der Waals surface area contributed by atoms with E-state index >= 15 is 0 Å². The lowest BCUT2D eigenvalue weighted by Gasteiger charge is -2.32. The molecule has 0 bridgehead atoms. The van der Waals surface area contributed by atoms with Gasteiger partial charge in [-0.25, -0.2) is 4.39 Å². The van der Waals surface area contributed by atoms with Crippen LogP contribution in [0.3, 0.4) is 0 Å². The van der Waals surface area contributed by atoms with Gasteiger partial charge in [0.25, 0.3) is 0 Å². The van der Waals surface area contributed by atoms with Crippen molar-refractivity contribution in [3.05, 3.63) is 71.5 Å². The Hall–Kier alpha value is -2.69. The van der Waals surface area contributed by atoms with Gasteiger partial charge in [0, 0.05) is 19.6 Å². The van der Waals surface area contributed by atoms with Crippen LogP contribution >= 0.6 is 0 Å². The van der Waals surface area contributed by atoms with E-state index < -0.39 is 0 Å². The van der Waals surface area contributed by atoms with Gasteiger partial charge >= 0.3 is 0 Å². The SMILES string of the molecule is O=C(NCc1ccc(F)cc1)C1CC1C(=O)N1CCC(Cc2ccccc2)CC1. The Balaban J connectivity index is 1.20. The van der Waals surface area contributed by atoms with Crippen molar-refractivity contribution in [1.29, 1.82) is 0 Å². The summed E-state index contributed by atoms with van der Waals surface area (Å²) in [5.74, 6) is -0.00783. The van der Waals surface area contributed by atoms with Gasteiger partial charge in [-0.1, -0.05) is 42.5 Å². The second-order valence-electron chi connectivity index (χ2n) is 8.25. The van der Waals surface area contributed by atoms with Gasteiger partial charge in [0.15, 0.2) is 0 Å². The smallest absolute Gasteiger partial charge is 0.226 e. The number of carbonyl (C=O) groups excluding carboxylic acids is 2. The number of piperidine rings is 1. The normalized spacial score (nSPS) is 21.6. The molecule has 5 heteroatoms. The molecule has 152 valence electrons. The van der Waals surface area contributed by atoms with Crippen molar-refractivity contribution < 1.29 is 14.0 Å². The Morgan fingerprint density at radius 3 is 2.31 bits per heavy atom. The van der Waals surface area contributed by atoms with Crippen molar-refractivity contribution >= 4 is 11.8 Å². The fourth-order valence-corrected chi connectivity index (χ4v) is 4.22. The van der Waals surface area contributed by atoms with Gasteiger partial charge in [-0.2, -0.15) is 0 Å². The van der Waals surface area contributed by atoms with Gasteiger partial charge in [-0.3, -0.25) is 9.59 Å². The largest absolute Gasteiger partial charge is 0.352 e. The Morgan fingerprint density at radius 2 is 1.62 bits per heavy atom. The lowest BCUT2D eigenvalue weighted by molar-refractivity contribution is -0.136. The van der Waals surface area contributed by atoms with Crippen molar-refractivity contribution in [1.82, 2.24) is 10.2 Å². The Labute approximate surface area is 171 Å². The number of likely N-dealkylation sites (tertiary alicyclic amines) is 1. The molecule has 1 saturated heterocycles. The minimum atomic E-state index is -0.291. The average Bonchev–Trinajstić information content (AvgIpc) is 3.55. The Kier molecular flexibility index (Phi) is 5.93. The van der Waals surface area contributed by atoms with Crippen LogP contribution in [0.4, 0.5) is 4.39 Å². The Morgan fingerprint density at radius 1 is 0.931 bits per heavy atom. The standard InChI is InChI=1S/C24H27FN2O2/c25-20-8-6-19(7-9-20)16-26-23(28)21-15-22(21)24(29)27-12-10-18(11-13-27)14-17-4-2-1-3-5-17/h1-9,18,21-22H,10-16H2,(H,26,28). The van der Waals surface area contributed by atoms with Gasteiger partial charge in [-0.15, -0.1) is 0 Å². The van der Waals surface area contributed by atoms with E-state index in [9.17, 15) is 14.0 Å². The van der Waals surface area contributed by atoms with E-state index in [4.69, 9.17) is 0 Å². The highest BCUT2D eigenvalue weighted by molar-refractivity contribution is 5.92. The molecule has 0 radical (unpaired) electrons. The van der Waals surface area contributed by atoms with Crippen LogP contribution in [0.25, 0.3) is 0 Å². The van der Waals surface area contributed by atoms with Crippen LogP contribution in [-0.2, 0) is 22.6 Å². The summed E-state index contributed by atoms with van der Waals surface area (Å²) in [5.41, 5.74) is 2.21. The zero-order valence-corrected chi connectivity index (χ0v) is 16.5. The third-order valence-corrected chi connectivity index (χ3v) is 6.12. The van der Waals surface area contributed by atoms with Gasteiger partial charge in [0.05, 0.1) is 11.8 Å². The van der Waals surface area contributed by atoms with Crippen LogP contribution in [0.5, 0.6) is 0 Å². The maximum atomic E-state index is 12.9. The summed E-state index contributed by atoms with van der Waals surface area (Å²) >= 11 is 0. The molecule has 1 aliphatic heterocycles. The molecule has 0 aromatic heterocycles. The predicted octanol–water partition coefficient (Wildman–Crippen LogP) is 3.56. The summed E-state index contributed by atoms with van der Waals surface area (Å²) in [7, 11) is 0. The zero-order chi connectivity index (χ0) is 20.2. The molecule has 4 nitrogen and oxygen atoms in total. The van der Waals surface area contributed by atoms with E-state index in [1.54, 1.807) is 12.1 Å². The van der Waals surface area contributed by atoms with Crippen LogP contribution in [0, 0.1) is 23.6 Å². The van der Waals surface area contributed by atoms with Gasteiger partial charge in [0.1, 0.15) is 5.82 Å². The molecule has 2 atom stereocenters. The summed E-state index contributed by atoms with van der Waals surface area (Å²) in [6, 6.07) is 16.6. The lowest BCUT2D eigenvalue weighted by Crippen LogP contribution is -2.40. The van der Waals surface area contributed by atoms with E-state index in [0.29, 0.717) is 18.9 Å². The average molecular weight is 394 g/mol. The molecule has 1 heterocycles. The molecule has 29 heavy (non-hydrogen) atoms. The number of carbonyl (C=O) groups is 2. The number of halogens is 1. The number of rotatable bonds is 6. The molecule has 2 fully saturated rings. The summed E-state index contributed by atoms with van der Waals surface area (Å²) in [6.07, 6.45) is 3.75. The maximum Gasteiger partial charge on any atom is 0.226 e. The van der Waals surface area contributed by atoms with E-state index in [1.165, 1.54) is 17.7 Å². The van der Waals surface area contributed by atoms with Crippen LogP contribution in [-0.4, -0.2) is 29.8 Å². The molecular formula is C24H27FN2O2. The van der Waals surface area contributed by atoms with E-state index in [-0.39, 0.29) is 29.5 Å². The fourth-order valence-electron chi connectivity index (χ4n) is 4.22. The molecule has 1 saturated carbocycles. The summed E-state index contributed by atoms with van der Waals surface area (Å²) < 4.78 is 12.9. The first-order valence-electron chi connectivity index (χ1n) is 10.4. The summed E-state index contributed by atoms with van der Waals surface area (Å²) in [4.78, 5) is 27.0. The topological polar surface area (TPSA) is 49.4 Å². The van der Waals surface area contributed by atoms with Crippen LogP contribution in [0.1, 0.15) is 30.4 Å². The number of amides is 2. The number of nitrogens with one attached hydrogen (secondary N) is 1. The van der Waals surface area contributed by atoms with E-state index in [2.05, 4.69) is 29.6 Å². The summed E-state index contributed by atoms with van der Waals surface area (Å²) in [6.45, 7) is 1.94. The van der Waals surface area contributed by atoms with Gasteiger partial charge in [-0.05, 0) is 54.9 Å². The highest BCUT2D eigenvalue weighted by Crippen LogP contribution is 2.41. The molecule has 2 aliphatic rings. The van der Waals surface area contributed by atoms with Crippen LogP contribution < -0.4 is 5.32 Å². The van der Waals surface area contributed by atoms with Gasteiger partial charge in [0.2, 0.25) is 11.8 Å².